The van der Waals surface area contributed by atoms with E-state index in [2.05, 4.69) is 20.3 Å². The van der Waals surface area contributed by atoms with Crippen LogP contribution in [-0.4, -0.2) is 59.8 Å². The van der Waals surface area contributed by atoms with Gasteiger partial charge in [0.15, 0.2) is 17.7 Å². The first kappa shape index (κ1) is 16.7. The Kier molecular flexibility index (Phi) is 4.20. The first-order valence-corrected chi connectivity index (χ1v) is 7.97. The molecule has 4 atom stereocenters. The van der Waals surface area contributed by atoms with Gasteiger partial charge in [-0.05, 0) is 12.1 Å². The maximum Gasteiger partial charge on any atom is 0.227 e. The SMILES string of the molecule is Nc1nc(NCc2ccco2)nc2c1ncn2[C@@H]1O[C@H](CO)[C@@H](O)[C@H]1O. The Morgan fingerprint density at radius 1 is 1.27 bits per heavy atom. The zero-order valence-corrected chi connectivity index (χ0v) is 13.6. The summed E-state index contributed by atoms with van der Waals surface area (Å²) >= 11 is 0. The van der Waals surface area contributed by atoms with Gasteiger partial charge in [-0.1, -0.05) is 0 Å². The van der Waals surface area contributed by atoms with Crippen molar-refractivity contribution in [1.82, 2.24) is 19.5 Å². The smallest absolute Gasteiger partial charge is 0.227 e. The zero-order chi connectivity index (χ0) is 18.3. The molecule has 11 heteroatoms. The van der Waals surface area contributed by atoms with Crippen LogP contribution in [0.2, 0.25) is 0 Å². The lowest BCUT2D eigenvalue weighted by Gasteiger charge is -2.16. The van der Waals surface area contributed by atoms with Gasteiger partial charge in [-0.25, -0.2) is 4.98 Å². The van der Waals surface area contributed by atoms with Gasteiger partial charge in [-0.15, -0.1) is 0 Å². The van der Waals surface area contributed by atoms with E-state index in [-0.39, 0.29) is 11.8 Å². The van der Waals surface area contributed by atoms with Gasteiger partial charge in [0.05, 0.1) is 25.7 Å². The van der Waals surface area contributed by atoms with Crippen LogP contribution < -0.4 is 11.1 Å². The first-order chi connectivity index (χ1) is 12.6. The predicted octanol–water partition coefficient (Wildman–Crippen LogP) is -0.775. The molecule has 3 aromatic heterocycles. The van der Waals surface area contributed by atoms with E-state index in [1.54, 1.807) is 18.4 Å². The van der Waals surface area contributed by atoms with Gasteiger partial charge in [-0.2, -0.15) is 9.97 Å². The van der Waals surface area contributed by atoms with E-state index >= 15 is 0 Å². The molecular formula is C15H18N6O5. The van der Waals surface area contributed by atoms with E-state index in [1.165, 1.54) is 10.9 Å². The highest BCUT2D eigenvalue weighted by Crippen LogP contribution is 2.32. The third kappa shape index (κ3) is 2.76. The molecule has 1 saturated heterocycles. The van der Waals surface area contributed by atoms with Crippen LogP contribution in [0.15, 0.2) is 29.1 Å². The van der Waals surface area contributed by atoms with E-state index in [0.29, 0.717) is 23.5 Å². The quantitative estimate of drug-likeness (QED) is 0.389. The van der Waals surface area contributed by atoms with Gasteiger partial charge < -0.3 is 35.5 Å². The van der Waals surface area contributed by atoms with Crippen LogP contribution in [-0.2, 0) is 11.3 Å². The van der Waals surface area contributed by atoms with Crippen molar-refractivity contribution in [2.24, 2.45) is 0 Å². The molecule has 0 bridgehead atoms. The molecule has 0 amide bonds. The zero-order valence-electron chi connectivity index (χ0n) is 13.6. The molecule has 0 radical (unpaired) electrons. The van der Waals surface area contributed by atoms with Gasteiger partial charge in [0, 0.05) is 0 Å². The number of rotatable bonds is 5. The molecule has 1 fully saturated rings. The minimum atomic E-state index is -1.25. The highest BCUT2D eigenvalue weighted by atomic mass is 16.6. The molecule has 0 unspecified atom stereocenters. The Morgan fingerprint density at radius 3 is 2.81 bits per heavy atom. The molecule has 11 nitrogen and oxygen atoms in total. The largest absolute Gasteiger partial charge is 0.467 e. The van der Waals surface area contributed by atoms with Crippen LogP contribution >= 0.6 is 0 Å². The highest BCUT2D eigenvalue weighted by Gasteiger charge is 2.44. The number of hydrogen-bond acceptors (Lipinski definition) is 10. The van der Waals surface area contributed by atoms with E-state index < -0.39 is 31.1 Å². The van der Waals surface area contributed by atoms with Gasteiger partial charge >= 0.3 is 0 Å². The maximum atomic E-state index is 10.2. The van der Waals surface area contributed by atoms with Gasteiger partial charge in [0.1, 0.15) is 29.6 Å². The molecule has 4 rings (SSSR count). The Balaban J connectivity index is 1.66. The third-order valence-electron chi connectivity index (χ3n) is 4.24. The lowest BCUT2D eigenvalue weighted by atomic mass is 10.1. The van der Waals surface area contributed by atoms with E-state index in [4.69, 9.17) is 14.9 Å². The molecule has 6 N–H and O–H groups in total. The second-order valence-corrected chi connectivity index (χ2v) is 5.92. The summed E-state index contributed by atoms with van der Waals surface area (Å²) in [7, 11) is 0. The molecule has 26 heavy (non-hydrogen) atoms. The number of aliphatic hydroxyl groups is 3. The number of nitrogens with one attached hydrogen (secondary N) is 1. The van der Waals surface area contributed by atoms with Crippen LogP contribution in [0.5, 0.6) is 0 Å². The average Bonchev–Trinajstić information content (AvgIpc) is 3.34. The summed E-state index contributed by atoms with van der Waals surface area (Å²) in [6, 6.07) is 3.57. The second kappa shape index (κ2) is 6.53. The number of fused-ring (bicyclic) bond motifs is 1. The highest BCUT2D eigenvalue weighted by molar-refractivity contribution is 5.83. The van der Waals surface area contributed by atoms with Crippen LogP contribution in [0.1, 0.15) is 12.0 Å². The molecule has 1 aliphatic heterocycles. The minimum Gasteiger partial charge on any atom is -0.467 e. The van der Waals surface area contributed by atoms with Crippen LogP contribution in [0.25, 0.3) is 11.2 Å². The molecule has 3 aromatic rings. The number of nitrogens with two attached hydrogens (primary N) is 1. The van der Waals surface area contributed by atoms with Crippen molar-refractivity contribution in [3.05, 3.63) is 30.5 Å². The van der Waals surface area contributed by atoms with E-state index in [1.807, 2.05) is 0 Å². The normalized spacial score (nSPS) is 25.8. The average molecular weight is 362 g/mol. The minimum absolute atomic E-state index is 0.155. The fourth-order valence-corrected chi connectivity index (χ4v) is 2.89. The lowest BCUT2D eigenvalue weighted by Crippen LogP contribution is -2.33. The number of aromatic nitrogens is 4. The van der Waals surface area contributed by atoms with E-state index in [9.17, 15) is 15.3 Å². The summed E-state index contributed by atoms with van der Waals surface area (Å²) in [6.07, 6.45) is -1.38. The Labute approximate surface area is 147 Å². The van der Waals surface area contributed by atoms with Crippen molar-refractivity contribution in [2.45, 2.75) is 31.1 Å². The van der Waals surface area contributed by atoms with Gasteiger partial charge in [0.2, 0.25) is 5.95 Å². The first-order valence-electron chi connectivity index (χ1n) is 7.97. The van der Waals surface area contributed by atoms with Crippen molar-refractivity contribution < 1.29 is 24.5 Å². The van der Waals surface area contributed by atoms with Crippen LogP contribution in [0.3, 0.4) is 0 Å². The Morgan fingerprint density at radius 2 is 2.12 bits per heavy atom. The maximum absolute atomic E-state index is 10.2. The number of aliphatic hydroxyl groups excluding tert-OH is 3. The van der Waals surface area contributed by atoms with Crippen LogP contribution in [0.4, 0.5) is 11.8 Å². The summed E-state index contributed by atoms with van der Waals surface area (Å²) in [6.45, 7) is -0.0611. The number of ether oxygens (including phenoxy) is 1. The van der Waals surface area contributed by atoms with Crippen molar-refractivity contribution in [1.29, 1.82) is 0 Å². The molecule has 0 aromatic carbocycles. The monoisotopic (exact) mass is 362 g/mol. The van der Waals surface area contributed by atoms with Crippen LogP contribution in [0, 0.1) is 0 Å². The lowest BCUT2D eigenvalue weighted by molar-refractivity contribution is -0.0511. The Hall–Kier alpha value is -2.73. The molecule has 0 spiro atoms. The summed E-state index contributed by atoms with van der Waals surface area (Å²) in [5.74, 6) is 1.10. The number of furan rings is 1. The fourth-order valence-electron chi connectivity index (χ4n) is 2.89. The van der Waals surface area contributed by atoms with Crippen molar-refractivity contribution in [3.63, 3.8) is 0 Å². The van der Waals surface area contributed by atoms with Gasteiger partial charge in [-0.3, -0.25) is 4.57 Å². The number of nitrogen functional groups attached to an aromatic ring is 1. The summed E-state index contributed by atoms with van der Waals surface area (Å²) in [5, 5.41) is 32.4. The molecule has 138 valence electrons. The topological polar surface area (TPSA) is 165 Å². The number of anilines is 2. The van der Waals surface area contributed by atoms with Gasteiger partial charge in [0.25, 0.3) is 0 Å². The summed E-state index contributed by atoms with van der Waals surface area (Å²) < 4.78 is 12.2. The number of imidazole rings is 1. The molecule has 0 aliphatic carbocycles. The summed E-state index contributed by atoms with van der Waals surface area (Å²) in [5.41, 5.74) is 6.62. The van der Waals surface area contributed by atoms with Crippen molar-refractivity contribution >= 4 is 22.9 Å². The molecule has 0 saturated carbocycles. The molecular weight excluding hydrogens is 344 g/mol. The number of nitrogens with zero attached hydrogens (tertiary/aromatic N) is 4. The number of hydrogen-bond donors (Lipinski definition) is 5. The standard InChI is InChI=1S/C15H18N6O5/c16-12-9-13(20-15(19-12)17-4-7-2-1-3-25-7)21(6-18-9)14-11(24)10(23)8(5-22)26-14/h1-3,6,8,10-11,14,22-24H,4-5H2,(H3,16,17,19,20)/t8-,10-,11-,14-/m1/s1. The molecule has 1 aliphatic rings. The third-order valence-corrected chi connectivity index (χ3v) is 4.24. The van der Waals surface area contributed by atoms with Crippen molar-refractivity contribution in [3.8, 4) is 0 Å². The summed E-state index contributed by atoms with van der Waals surface area (Å²) in [4.78, 5) is 12.7. The second-order valence-electron chi connectivity index (χ2n) is 5.92. The van der Waals surface area contributed by atoms with E-state index in [0.717, 1.165) is 0 Å². The fraction of sp³-hybridized carbons (Fsp3) is 0.400. The molecule has 4 heterocycles. The Bertz CT molecular complexity index is 897. The van der Waals surface area contributed by atoms with Crippen molar-refractivity contribution in [2.75, 3.05) is 17.7 Å². The predicted molar refractivity (Wildman–Crippen MR) is 88.8 cm³/mol.